The molecule has 0 bridgehead atoms. The summed E-state index contributed by atoms with van der Waals surface area (Å²) in [6.45, 7) is 4.36. The second-order valence-electron chi connectivity index (χ2n) is 1.90. The summed E-state index contributed by atoms with van der Waals surface area (Å²) in [6.07, 6.45) is 2.64. The van der Waals surface area contributed by atoms with E-state index >= 15 is 0 Å². The van der Waals surface area contributed by atoms with Crippen LogP contribution < -0.4 is 11.6 Å². The van der Waals surface area contributed by atoms with Crippen LogP contribution in [-0.2, 0) is 0 Å². The number of rotatable bonds is 1. The van der Waals surface area contributed by atoms with E-state index < -0.39 is 11.6 Å². The number of hydrogen-bond donors (Lipinski definition) is 0. The Balaban J connectivity index is 0.000000310. The van der Waals surface area contributed by atoms with E-state index in [2.05, 4.69) is 36.9 Å². The van der Waals surface area contributed by atoms with Crippen LogP contribution in [-0.4, -0.2) is 0 Å². The summed E-state index contributed by atoms with van der Waals surface area (Å²) in [6, 6.07) is 0. The molecule has 0 amide bonds. The monoisotopic (exact) mass is 194 g/mol. The highest BCUT2D eigenvalue weighted by Gasteiger charge is 1.88. The number of unbranched alkanes of at least 4 members (excludes halogenated alkanes) is 1. The molecule has 7 nitrogen and oxygen atoms in total. The molecule has 0 atom stereocenters. The van der Waals surface area contributed by atoms with Gasteiger partial charge in [0.15, 0.2) is 0 Å². The molecule has 1 rings (SSSR count). The van der Waals surface area contributed by atoms with Gasteiger partial charge in [-0.3, -0.25) is 0 Å². The molecule has 76 valence electrons. The standard InChI is InChI=1S/C4H10.C2O7/c1-3-4-2;3-1-5-2(4)7-9-8-6-1/h3-4H2,1-2H3;. The van der Waals surface area contributed by atoms with Crippen LogP contribution in [0.15, 0.2) is 32.6 Å². The molecule has 0 spiro atoms. The quantitative estimate of drug-likeness (QED) is 0.621. The van der Waals surface area contributed by atoms with Gasteiger partial charge in [-0.2, -0.15) is 18.7 Å². The van der Waals surface area contributed by atoms with Gasteiger partial charge < -0.3 is 4.42 Å². The van der Waals surface area contributed by atoms with Crippen molar-refractivity contribution in [2.75, 3.05) is 0 Å². The molecule has 0 fully saturated rings. The third-order valence-corrected chi connectivity index (χ3v) is 0.899. The minimum absolute atomic E-state index is 1.32. The maximum Gasteiger partial charge on any atom is 0.563 e. The Morgan fingerprint density at radius 2 is 1.31 bits per heavy atom. The lowest BCUT2D eigenvalue weighted by atomic mass is 10.4. The van der Waals surface area contributed by atoms with Gasteiger partial charge in [0.05, 0.1) is 0 Å². The second kappa shape index (κ2) is 7.01. The van der Waals surface area contributed by atoms with Crippen molar-refractivity contribution in [3.63, 3.8) is 0 Å². The van der Waals surface area contributed by atoms with E-state index in [1.54, 1.807) is 0 Å². The summed E-state index contributed by atoms with van der Waals surface area (Å²) in [5.41, 5.74) is 0. The summed E-state index contributed by atoms with van der Waals surface area (Å²) in [7, 11) is 0. The topological polar surface area (TPSA) is 99.8 Å². The van der Waals surface area contributed by atoms with Crippen molar-refractivity contribution in [2.45, 2.75) is 26.7 Å². The van der Waals surface area contributed by atoms with E-state index in [1.807, 2.05) is 0 Å². The van der Waals surface area contributed by atoms with Crippen LogP contribution in [0.3, 0.4) is 0 Å². The second-order valence-corrected chi connectivity index (χ2v) is 1.90. The van der Waals surface area contributed by atoms with Gasteiger partial charge in [0.1, 0.15) is 0 Å². The minimum atomic E-state index is -1.35. The molecule has 0 saturated carbocycles. The zero-order valence-electron chi connectivity index (χ0n) is 7.27. The summed E-state index contributed by atoms with van der Waals surface area (Å²) in [4.78, 5) is 19.9. The van der Waals surface area contributed by atoms with Gasteiger partial charge in [-0.25, -0.2) is 0 Å². The Kier molecular flexibility index (Phi) is 6.12. The third-order valence-electron chi connectivity index (χ3n) is 0.899. The summed E-state index contributed by atoms with van der Waals surface area (Å²) in [5.74, 6) is -2.70. The van der Waals surface area contributed by atoms with E-state index in [4.69, 9.17) is 0 Å². The third kappa shape index (κ3) is 6.73. The summed E-state index contributed by atoms with van der Waals surface area (Å²) >= 11 is 0. The smallest absolute Gasteiger partial charge is 0.322 e. The molecule has 0 aliphatic rings. The average molecular weight is 194 g/mol. The minimum Gasteiger partial charge on any atom is -0.322 e. The molecule has 1 aromatic heterocycles. The van der Waals surface area contributed by atoms with Crippen LogP contribution >= 0.6 is 0 Å². The van der Waals surface area contributed by atoms with Crippen molar-refractivity contribution >= 4 is 0 Å². The van der Waals surface area contributed by atoms with Gasteiger partial charge in [0.2, 0.25) is 0 Å². The lowest BCUT2D eigenvalue weighted by Gasteiger charge is -1.68. The van der Waals surface area contributed by atoms with Gasteiger partial charge >= 0.3 is 11.6 Å². The first kappa shape index (κ1) is 11.3. The largest absolute Gasteiger partial charge is 0.563 e. The molecule has 0 radical (unpaired) electrons. The van der Waals surface area contributed by atoms with E-state index in [0.29, 0.717) is 0 Å². The van der Waals surface area contributed by atoms with Crippen LogP contribution in [0.4, 0.5) is 0 Å². The Hall–Kier alpha value is -1.66. The average Bonchev–Trinajstić information content (AvgIpc) is 2.30. The van der Waals surface area contributed by atoms with Crippen molar-refractivity contribution < 1.29 is 23.0 Å². The molecule has 7 heteroatoms. The van der Waals surface area contributed by atoms with Crippen LogP contribution in [0.5, 0.6) is 0 Å². The maximum absolute atomic E-state index is 9.94. The lowest BCUT2D eigenvalue weighted by molar-refractivity contribution is -0.301. The molecule has 0 saturated heterocycles. The Bertz CT molecular complexity index is 298. The van der Waals surface area contributed by atoms with E-state index in [9.17, 15) is 9.59 Å². The first-order chi connectivity index (χ1) is 6.20. The zero-order valence-corrected chi connectivity index (χ0v) is 7.27. The fourth-order valence-corrected chi connectivity index (χ4v) is 0.185. The molecule has 1 aromatic rings. The Morgan fingerprint density at radius 1 is 0.923 bits per heavy atom. The summed E-state index contributed by atoms with van der Waals surface area (Å²) in [5, 5.41) is 0. The molecular weight excluding hydrogens is 184 g/mol. The molecule has 0 aliphatic carbocycles. The van der Waals surface area contributed by atoms with E-state index in [0.717, 1.165) is 0 Å². The fourth-order valence-electron chi connectivity index (χ4n) is 0.185. The SMILES string of the molecule is CCCC.O=c1ooooc(=O)o1. The lowest BCUT2D eigenvalue weighted by Crippen LogP contribution is -2.01. The van der Waals surface area contributed by atoms with Crippen molar-refractivity contribution in [1.82, 2.24) is 0 Å². The van der Waals surface area contributed by atoms with Gasteiger partial charge in [0, 0.05) is 0 Å². The van der Waals surface area contributed by atoms with Crippen molar-refractivity contribution in [3.05, 3.63) is 21.2 Å². The van der Waals surface area contributed by atoms with Crippen LogP contribution in [0.1, 0.15) is 26.7 Å². The molecule has 0 aromatic carbocycles. The predicted molar refractivity (Wildman–Crippen MR) is 38.5 cm³/mol. The van der Waals surface area contributed by atoms with E-state index in [-0.39, 0.29) is 0 Å². The van der Waals surface area contributed by atoms with Crippen molar-refractivity contribution in [1.29, 1.82) is 0 Å². The van der Waals surface area contributed by atoms with Gasteiger partial charge in [-0.05, 0) is 9.47 Å². The normalized spacial score (nSPS) is 8.46. The predicted octanol–water partition coefficient (Wildman–Crippen LogP) is 1.30. The summed E-state index contributed by atoms with van der Waals surface area (Å²) < 4.78 is 17.6. The first-order valence-corrected chi connectivity index (χ1v) is 3.64. The number of hydrogen-bond acceptors (Lipinski definition) is 7. The molecule has 0 N–H and O–H groups in total. The highest BCUT2D eigenvalue weighted by molar-refractivity contribution is 4.24. The molecular formula is C6H10O7. The highest BCUT2D eigenvalue weighted by atomic mass is 17.4. The Labute approximate surface area is 72.0 Å². The van der Waals surface area contributed by atoms with E-state index in [1.165, 1.54) is 12.8 Å². The molecule has 13 heavy (non-hydrogen) atoms. The van der Waals surface area contributed by atoms with Crippen molar-refractivity contribution in [2.24, 2.45) is 0 Å². The van der Waals surface area contributed by atoms with Crippen molar-refractivity contribution in [3.8, 4) is 0 Å². The van der Waals surface area contributed by atoms with Gasteiger partial charge in [-0.1, -0.05) is 26.7 Å². The first-order valence-electron chi connectivity index (χ1n) is 3.64. The van der Waals surface area contributed by atoms with Gasteiger partial charge in [0.25, 0.3) is 0 Å². The van der Waals surface area contributed by atoms with Gasteiger partial charge in [-0.15, -0.1) is 0 Å². The zero-order chi connectivity index (χ0) is 10.1. The van der Waals surface area contributed by atoms with Crippen LogP contribution in [0, 0.1) is 0 Å². The molecule has 1 heterocycles. The maximum atomic E-state index is 9.94. The molecule has 0 unspecified atom stereocenters. The van der Waals surface area contributed by atoms with Crippen LogP contribution in [0.2, 0.25) is 0 Å². The molecule has 0 aliphatic heterocycles. The Morgan fingerprint density at radius 3 is 1.62 bits per heavy atom. The van der Waals surface area contributed by atoms with Crippen LogP contribution in [0.25, 0.3) is 0 Å². The highest BCUT2D eigenvalue weighted by Crippen LogP contribution is 1.76. The fraction of sp³-hybridized carbons (Fsp3) is 0.667.